The Labute approximate surface area is 140 Å². The van der Waals surface area contributed by atoms with Crippen molar-refractivity contribution in [2.24, 2.45) is 24.6 Å². The Morgan fingerprint density at radius 3 is 2.62 bits per heavy atom. The number of aryl methyl sites for hydroxylation is 1. The van der Waals surface area contributed by atoms with E-state index in [1.807, 2.05) is 30.3 Å². The first-order valence-electron chi connectivity index (χ1n) is 7.80. The van der Waals surface area contributed by atoms with Crippen LogP contribution in [-0.2, 0) is 11.8 Å². The number of amides is 2. The Hall–Kier alpha value is -2.83. The Bertz CT molecular complexity index is 728. The van der Waals surface area contributed by atoms with Gasteiger partial charge in [0.2, 0.25) is 5.91 Å². The molecule has 2 amide bonds. The van der Waals surface area contributed by atoms with Crippen LogP contribution in [0.4, 0.5) is 0 Å². The highest BCUT2D eigenvalue weighted by Crippen LogP contribution is 2.26. The van der Waals surface area contributed by atoms with E-state index >= 15 is 0 Å². The molecule has 0 radical (unpaired) electrons. The summed E-state index contributed by atoms with van der Waals surface area (Å²) in [5.41, 5.74) is 6.01. The number of likely N-dealkylation sites (tertiary alicyclic amines) is 1. The smallest absolute Gasteiger partial charge is 0.272 e. The fraction of sp³-hybridized carbons (Fsp3) is 0.353. The van der Waals surface area contributed by atoms with Crippen LogP contribution in [-0.4, -0.2) is 46.2 Å². The summed E-state index contributed by atoms with van der Waals surface area (Å²) in [4.78, 5) is 26.0. The van der Waals surface area contributed by atoms with Crippen LogP contribution in [0.25, 0.3) is 0 Å². The van der Waals surface area contributed by atoms with E-state index in [0.717, 1.165) is 5.75 Å². The molecule has 1 saturated heterocycles. The third-order valence-corrected chi connectivity index (χ3v) is 4.34. The van der Waals surface area contributed by atoms with Crippen molar-refractivity contribution in [2.75, 3.05) is 19.7 Å². The van der Waals surface area contributed by atoms with E-state index < -0.39 is 11.8 Å². The summed E-state index contributed by atoms with van der Waals surface area (Å²) in [6.07, 6.45) is 1.57. The monoisotopic (exact) mass is 328 g/mol. The van der Waals surface area contributed by atoms with Gasteiger partial charge in [-0.25, -0.2) is 0 Å². The van der Waals surface area contributed by atoms with Gasteiger partial charge in [-0.15, -0.1) is 0 Å². The molecule has 126 valence electrons. The number of nitrogens with zero attached hydrogens (tertiary/aromatic N) is 3. The topological polar surface area (TPSA) is 90.4 Å². The molecule has 1 aliphatic heterocycles. The van der Waals surface area contributed by atoms with Crippen molar-refractivity contribution in [3.63, 3.8) is 0 Å². The van der Waals surface area contributed by atoms with Gasteiger partial charge >= 0.3 is 0 Å². The lowest BCUT2D eigenvalue weighted by Crippen LogP contribution is -2.33. The van der Waals surface area contributed by atoms with Crippen molar-refractivity contribution in [1.82, 2.24) is 14.7 Å². The summed E-state index contributed by atoms with van der Waals surface area (Å²) in [6.45, 7) is 1.08. The van der Waals surface area contributed by atoms with Crippen LogP contribution in [0, 0.1) is 11.8 Å². The number of para-hydroxylation sites is 1. The van der Waals surface area contributed by atoms with Gasteiger partial charge in [-0.1, -0.05) is 18.2 Å². The molecular weight excluding hydrogens is 308 g/mol. The number of benzene rings is 1. The Balaban J connectivity index is 1.69. The van der Waals surface area contributed by atoms with E-state index in [-0.39, 0.29) is 11.8 Å². The van der Waals surface area contributed by atoms with Gasteiger partial charge < -0.3 is 15.4 Å². The second kappa shape index (κ2) is 6.74. The first-order valence-corrected chi connectivity index (χ1v) is 7.80. The molecule has 0 spiro atoms. The number of primary amides is 1. The van der Waals surface area contributed by atoms with Crippen LogP contribution in [0.15, 0.2) is 42.6 Å². The van der Waals surface area contributed by atoms with Gasteiger partial charge in [0.15, 0.2) is 0 Å². The van der Waals surface area contributed by atoms with Crippen molar-refractivity contribution >= 4 is 11.8 Å². The molecule has 7 heteroatoms. The molecule has 7 nitrogen and oxygen atoms in total. The molecule has 1 aliphatic rings. The number of hydrogen-bond donors (Lipinski definition) is 1. The largest absolute Gasteiger partial charge is 0.493 e. The Kier molecular flexibility index (Phi) is 4.50. The van der Waals surface area contributed by atoms with E-state index in [9.17, 15) is 9.59 Å². The molecule has 0 saturated carbocycles. The zero-order valence-corrected chi connectivity index (χ0v) is 13.5. The molecular formula is C17H20N4O3. The lowest BCUT2D eigenvalue weighted by molar-refractivity contribution is -0.122. The standard InChI is InChI=1S/C17H20N4O3/c1-20-15(7-8-19-20)17(23)21-9-12(14(10-21)16(18)22)11-24-13-5-3-2-4-6-13/h2-8,12,14H,9-11H2,1H3,(H2,18,22)/t12-,14+/m0/s1. The summed E-state index contributed by atoms with van der Waals surface area (Å²) in [7, 11) is 1.71. The van der Waals surface area contributed by atoms with Gasteiger partial charge in [0.25, 0.3) is 5.91 Å². The molecule has 1 aromatic heterocycles. The first-order chi connectivity index (χ1) is 11.6. The molecule has 2 aromatic rings. The minimum atomic E-state index is -0.411. The van der Waals surface area contributed by atoms with Crippen LogP contribution < -0.4 is 10.5 Å². The molecule has 0 bridgehead atoms. The number of rotatable bonds is 5. The predicted octanol–water partition coefficient (Wildman–Crippen LogP) is 0.673. The maximum Gasteiger partial charge on any atom is 0.272 e. The Morgan fingerprint density at radius 2 is 2.00 bits per heavy atom. The number of carbonyl (C=O) groups is 2. The molecule has 1 aromatic carbocycles. The molecule has 24 heavy (non-hydrogen) atoms. The third-order valence-electron chi connectivity index (χ3n) is 4.34. The van der Waals surface area contributed by atoms with Gasteiger partial charge in [0.05, 0.1) is 12.5 Å². The van der Waals surface area contributed by atoms with E-state index in [0.29, 0.717) is 25.4 Å². The molecule has 1 fully saturated rings. The van der Waals surface area contributed by atoms with Crippen molar-refractivity contribution < 1.29 is 14.3 Å². The molecule has 0 unspecified atom stereocenters. The average molecular weight is 328 g/mol. The average Bonchev–Trinajstić information content (AvgIpc) is 3.19. The van der Waals surface area contributed by atoms with Gasteiger partial charge in [0.1, 0.15) is 11.4 Å². The normalized spacial score (nSPS) is 20.1. The maximum atomic E-state index is 12.6. The van der Waals surface area contributed by atoms with Crippen LogP contribution in [0.1, 0.15) is 10.5 Å². The van der Waals surface area contributed by atoms with Gasteiger partial charge in [-0.2, -0.15) is 5.10 Å². The summed E-state index contributed by atoms with van der Waals surface area (Å²) in [6, 6.07) is 11.0. The van der Waals surface area contributed by atoms with Crippen molar-refractivity contribution in [2.45, 2.75) is 0 Å². The maximum absolute atomic E-state index is 12.6. The van der Waals surface area contributed by atoms with Crippen LogP contribution in [0.3, 0.4) is 0 Å². The number of ether oxygens (including phenoxy) is 1. The Morgan fingerprint density at radius 1 is 1.25 bits per heavy atom. The fourth-order valence-corrected chi connectivity index (χ4v) is 2.99. The van der Waals surface area contributed by atoms with E-state index in [1.165, 1.54) is 4.68 Å². The van der Waals surface area contributed by atoms with Crippen molar-refractivity contribution in [3.05, 3.63) is 48.3 Å². The highest BCUT2D eigenvalue weighted by atomic mass is 16.5. The molecule has 2 N–H and O–H groups in total. The zero-order chi connectivity index (χ0) is 17.1. The van der Waals surface area contributed by atoms with E-state index in [1.54, 1.807) is 24.2 Å². The minimum absolute atomic E-state index is 0.125. The van der Waals surface area contributed by atoms with Gasteiger partial charge in [-0.3, -0.25) is 14.3 Å². The SMILES string of the molecule is Cn1nccc1C(=O)N1C[C@@H](COc2ccccc2)[C@H](C(N)=O)C1. The van der Waals surface area contributed by atoms with Crippen molar-refractivity contribution in [1.29, 1.82) is 0 Å². The zero-order valence-electron chi connectivity index (χ0n) is 13.5. The molecule has 2 atom stereocenters. The summed E-state index contributed by atoms with van der Waals surface area (Å²) in [5.74, 6) is -0.358. The number of carbonyl (C=O) groups excluding carboxylic acids is 2. The fourth-order valence-electron chi connectivity index (χ4n) is 2.99. The molecule has 2 heterocycles. The van der Waals surface area contributed by atoms with E-state index in [4.69, 9.17) is 10.5 Å². The predicted molar refractivity (Wildman–Crippen MR) is 87.2 cm³/mol. The first kappa shape index (κ1) is 16.0. The highest BCUT2D eigenvalue weighted by molar-refractivity contribution is 5.93. The van der Waals surface area contributed by atoms with Gasteiger partial charge in [0, 0.05) is 32.3 Å². The lowest BCUT2D eigenvalue weighted by atomic mass is 9.96. The van der Waals surface area contributed by atoms with Crippen LogP contribution in [0.5, 0.6) is 5.75 Å². The molecule has 3 rings (SSSR count). The lowest BCUT2D eigenvalue weighted by Gasteiger charge is -2.17. The van der Waals surface area contributed by atoms with Crippen LogP contribution >= 0.6 is 0 Å². The molecule has 0 aliphatic carbocycles. The quantitative estimate of drug-likeness (QED) is 0.873. The highest BCUT2D eigenvalue weighted by Gasteiger charge is 2.39. The number of hydrogen-bond acceptors (Lipinski definition) is 4. The van der Waals surface area contributed by atoms with Crippen molar-refractivity contribution in [3.8, 4) is 5.75 Å². The summed E-state index contributed by atoms with van der Waals surface area (Å²) >= 11 is 0. The number of aromatic nitrogens is 2. The number of nitrogens with two attached hydrogens (primary N) is 1. The van der Waals surface area contributed by atoms with E-state index in [2.05, 4.69) is 5.10 Å². The third kappa shape index (κ3) is 3.24. The summed E-state index contributed by atoms with van der Waals surface area (Å²) in [5, 5.41) is 4.01. The van der Waals surface area contributed by atoms with Crippen LogP contribution in [0.2, 0.25) is 0 Å². The van der Waals surface area contributed by atoms with Gasteiger partial charge in [-0.05, 0) is 18.2 Å². The minimum Gasteiger partial charge on any atom is -0.493 e. The second-order valence-electron chi connectivity index (χ2n) is 5.94. The second-order valence-corrected chi connectivity index (χ2v) is 5.94. The summed E-state index contributed by atoms with van der Waals surface area (Å²) < 4.78 is 7.27.